The van der Waals surface area contributed by atoms with Crippen LogP contribution in [-0.2, 0) is 14.3 Å². The Morgan fingerprint density at radius 1 is 1.13 bits per heavy atom. The molecule has 0 aliphatic carbocycles. The number of carbonyl (C=O) groups excluding carboxylic acids is 2. The number of carbonyl (C=O) groups is 2. The molecule has 6 nitrogen and oxygen atoms in total. The summed E-state index contributed by atoms with van der Waals surface area (Å²) in [6.07, 6.45) is 0.316. The van der Waals surface area contributed by atoms with Crippen molar-refractivity contribution >= 4 is 46.8 Å². The van der Waals surface area contributed by atoms with Crippen LogP contribution >= 0.6 is 23.2 Å². The van der Waals surface area contributed by atoms with Gasteiger partial charge in [0.1, 0.15) is 11.6 Å². The number of nitrogens with zero attached hydrogens (tertiary/aromatic N) is 2. The molecule has 1 N–H and O–H groups in total. The van der Waals surface area contributed by atoms with Crippen LogP contribution in [0.5, 0.6) is 0 Å². The van der Waals surface area contributed by atoms with Crippen molar-refractivity contribution in [3.05, 3.63) is 69.2 Å². The fourth-order valence-electron chi connectivity index (χ4n) is 2.71. The lowest BCUT2D eigenvalue weighted by Crippen LogP contribution is -2.37. The lowest BCUT2D eigenvalue weighted by atomic mass is 10.1. The number of ether oxygens (including phenoxy) is 1. The van der Waals surface area contributed by atoms with Gasteiger partial charge in [0.05, 0.1) is 6.04 Å². The number of nitriles is 1. The van der Waals surface area contributed by atoms with E-state index in [1.807, 2.05) is 37.2 Å². The smallest absolute Gasteiger partial charge is 0.349 e. The van der Waals surface area contributed by atoms with Gasteiger partial charge in [-0.2, -0.15) is 5.26 Å². The first-order valence-electron chi connectivity index (χ1n) is 9.48. The van der Waals surface area contributed by atoms with Crippen molar-refractivity contribution in [2.75, 3.05) is 19.0 Å². The average molecular weight is 460 g/mol. The molecule has 2 atom stereocenters. The zero-order valence-electron chi connectivity index (χ0n) is 17.6. The van der Waals surface area contributed by atoms with E-state index in [0.29, 0.717) is 21.2 Å². The lowest BCUT2D eigenvalue weighted by molar-refractivity contribution is -0.151. The molecule has 0 saturated carbocycles. The highest BCUT2D eigenvalue weighted by atomic mass is 35.5. The molecule has 8 heteroatoms. The summed E-state index contributed by atoms with van der Waals surface area (Å²) in [6, 6.07) is 13.7. The topological polar surface area (TPSA) is 82.4 Å². The van der Waals surface area contributed by atoms with Crippen molar-refractivity contribution in [3.8, 4) is 6.07 Å². The number of nitrogens with one attached hydrogen (secondary N) is 1. The van der Waals surface area contributed by atoms with E-state index in [2.05, 4.69) is 5.32 Å². The van der Waals surface area contributed by atoms with Crippen LogP contribution in [0.2, 0.25) is 10.0 Å². The third kappa shape index (κ3) is 6.74. The van der Waals surface area contributed by atoms with Crippen LogP contribution in [-0.4, -0.2) is 32.1 Å². The molecule has 0 unspecified atom stereocenters. The Labute approximate surface area is 192 Å². The standard InChI is InChI=1S/C23H23Cl2N3O3/c1-14(20-10-7-18(24)12-21(20)25)27-22(29)15(2)31-23(30)17(13-26)11-16-5-8-19(9-6-16)28(3)4/h5-12,14-15H,1-4H3,(H,27,29)/b17-11+/t14-,15+/m0/s1. The fraction of sp³-hybridized carbons (Fsp3) is 0.261. The SMILES string of the molecule is C[C@H](NC(=O)[C@@H](C)OC(=O)/C(C#N)=C/c1ccc(N(C)C)cc1)c1ccc(Cl)cc1Cl. The van der Waals surface area contributed by atoms with Crippen LogP contribution in [0.3, 0.4) is 0 Å². The van der Waals surface area contributed by atoms with Crippen LogP contribution in [0, 0.1) is 11.3 Å². The van der Waals surface area contributed by atoms with E-state index < -0.39 is 24.0 Å². The van der Waals surface area contributed by atoms with Crippen LogP contribution in [0.1, 0.15) is 31.0 Å². The minimum absolute atomic E-state index is 0.203. The molecule has 0 aliphatic rings. The number of esters is 1. The number of rotatable bonds is 7. The first-order chi connectivity index (χ1) is 14.6. The maximum Gasteiger partial charge on any atom is 0.349 e. The molecule has 0 heterocycles. The van der Waals surface area contributed by atoms with Gasteiger partial charge in [0.15, 0.2) is 6.10 Å². The van der Waals surface area contributed by atoms with Gasteiger partial charge >= 0.3 is 5.97 Å². The molecule has 0 radical (unpaired) electrons. The highest BCUT2D eigenvalue weighted by Crippen LogP contribution is 2.26. The molecule has 0 spiro atoms. The third-order valence-corrected chi connectivity index (χ3v) is 5.06. The molecule has 31 heavy (non-hydrogen) atoms. The average Bonchev–Trinajstić information content (AvgIpc) is 2.71. The molecule has 2 aromatic carbocycles. The number of benzene rings is 2. The monoisotopic (exact) mass is 459 g/mol. The lowest BCUT2D eigenvalue weighted by Gasteiger charge is -2.19. The molecule has 1 amide bonds. The minimum Gasteiger partial charge on any atom is -0.448 e. The Kier molecular flexibility index (Phi) is 8.49. The van der Waals surface area contributed by atoms with Crippen molar-refractivity contribution in [1.82, 2.24) is 5.32 Å². The molecule has 162 valence electrons. The van der Waals surface area contributed by atoms with Crippen LogP contribution < -0.4 is 10.2 Å². The van der Waals surface area contributed by atoms with Crippen molar-refractivity contribution in [1.29, 1.82) is 5.26 Å². The van der Waals surface area contributed by atoms with E-state index in [4.69, 9.17) is 27.9 Å². The molecule has 2 aromatic rings. The molecule has 2 rings (SSSR count). The predicted octanol–water partition coefficient (Wildman–Crippen LogP) is 4.78. The van der Waals surface area contributed by atoms with E-state index in [9.17, 15) is 14.9 Å². The second-order valence-corrected chi connectivity index (χ2v) is 7.94. The van der Waals surface area contributed by atoms with Gasteiger partial charge in [-0.15, -0.1) is 0 Å². The summed E-state index contributed by atoms with van der Waals surface area (Å²) in [6.45, 7) is 3.18. The van der Waals surface area contributed by atoms with Crippen molar-refractivity contribution in [3.63, 3.8) is 0 Å². The van der Waals surface area contributed by atoms with Gasteiger partial charge in [-0.25, -0.2) is 4.79 Å². The molecule has 0 saturated heterocycles. The van der Waals surface area contributed by atoms with Gasteiger partial charge in [0, 0.05) is 29.8 Å². The Morgan fingerprint density at radius 2 is 1.77 bits per heavy atom. The molecule has 0 bridgehead atoms. The molecular formula is C23H23Cl2N3O3. The van der Waals surface area contributed by atoms with Crippen LogP contribution in [0.25, 0.3) is 6.08 Å². The third-order valence-electron chi connectivity index (χ3n) is 4.50. The van der Waals surface area contributed by atoms with Crippen molar-refractivity contribution in [2.24, 2.45) is 0 Å². The van der Waals surface area contributed by atoms with E-state index in [1.54, 1.807) is 37.3 Å². The quantitative estimate of drug-likeness (QED) is 0.366. The number of hydrogen-bond acceptors (Lipinski definition) is 5. The molecule has 0 fully saturated rings. The van der Waals surface area contributed by atoms with Gasteiger partial charge in [0.25, 0.3) is 5.91 Å². The molecular weight excluding hydrogens is 437 g/mol. The Hall–Kier alpha value is -3.01. The van der Waals surface area contributed by atoms with Gasteiger partial charge in [0.2, 0.25) is 0 Å². The highest BCUT2D eigenvalue weighted by Gasteiger charge is 2.23. The van der Waals surface area contributed by atoms with Crippen molar-refractivity contribution in [2.45, 2.75) is 26.0 Å². The minimum atomic E-state index is -1.10. The summed E-state index contributed by atoms with van der Waals surface area (Å²) in [5.74, 6) is -1.39. The molecule has 0 aromatic heterocycles. The number of amides is 1. The number of anilines is 1. The maximum absolute atomic E-state index is 12.4. The zero-order chi connectivity index (χ0) is 23.1. The van der Waals surface area contributed by atoms with Crippen LogP contribution in [0.15, 0.2) is 48.0 Å². The number of hydrogen-bond donors (Lipinski definition) is 1. The second kappa shape index (κ2) is 10.9. The van der Waals surface area contributed by atoms with E-state index >= 15 is 0 Å². The van der Waals surface area contributed by atoms with Gasteiger partial charge in [-0.1, -0.05) is 41.4 Å². The summed E-state index contributed by atoms with van der Waals surface area (Å²) in [5, 5.41) is 13.0. The van der Waals surface area contributed by atoms with Gasteiger partial charge < -0.3 is 15.0 Å². The summed E-state index contributed by atoms with van der Waals surface area (Å²) >= 11 is 12.1. The summed E-state index contributed by atoms with van der Waals surface area (Å²) in [5.41, 5.74) is 2.13. The summed E-state index contributed by atoms with van der Waals surface area (Å²) < 4.78 is 5.18. The Morgan fingerprint density at radius 3 is 2.32 bits per heavy atom. The first kappa shape index (κ1) is 24.3. The van der Waals surface area contributed by atoms with E-state index in [0.717, 1.165) is 5.69 Å². The largest absolute Gasteiger partial charge is 0.448 e. The highest BCUT2D eigenvalue weighted by molar-refractivity contribution is 6.35. The first-order valence-corrected chi connectivity index (χ1v) is 10.2. The van der Waals surface area contributed by atoms with Gasteiger partial charge in [-0.05, 0) is 55.3 Å². The zero-order valence-corrected chi connectivity index (χ0v) is 19.2. The van der Waals surface area contributed by atoms with E-state index in [1.165, 1.54) is 13.0 Å². The van der Waals surface area contributed by atoms with E-state index in [-0.39, 0.29) is 5.57 Å². The van der Waals surface area contributed by atoms with Crippen LogP contribution in [0.4, 0.5) is 5.69 Å². The fourth-order valence-corrected chi connectivity index (χ4v) is 3.28. The van der Waals surface area contributed by atoms with Crippen molar-refractivity contribution < 1.29 is 14.3 Å². The Balaban J connectivity index is 2.03. The van der Waals surface area contributed by atoms with Gasteiger partial charge in [-0.3, -0.25) is 4.79 Å². The Bertz CT molecular complexity index is 1030. The maximum atomic E-state index is 12.4. The number of halogens is 2. The summed E-state index contributed by atoms with van der Waals surface area (Å²) in [7, 11) is 3.83. The summed E-state index contributed by atoms with van der Waals surface area (Å²) in [4.78, 5) is 26.8. The molecule has 0 aliphatic heterocycles. The predicted molar refractivity (Wildman–Crippen MR) is 123 cm³/mol. The normalized spacial score (nSPS) is 13.0. The second-order valence-electron chi connectivity index (χ2n) is 7.10.